The molecular formula is C19H31N3. The average Bonchev–Trinajstić information content (AvgIpc) is 2.56. The Morgan fingerprint density at radius 1 is 1.09 bits per heavy atom. The monoisotopic (exact) mass is 301 g/mol. The summed E-state index contributed by atoms with van der Waals surface area (Å²) in [6.07, 6.45) is 9.98. The minimum atomic E-state index is 0.571. The van der Waals surface area contributed by atoms with Gasteiger partial charge in [0, 0.05) is 37.4 Å². The van der Waals surface area contributed by atoms with Gasteiger partial charge in [-0.2, -0.15) is 0 Å². The van der Waals surface area contributed by atoms with Crippen molar-refractivity contribution in [2.24, 2.45) is 5.92 Å². The predicted octanol–water partition coefficient (Wildman–Crippen LogP) is 4.25. The minimum absolute atomic E-state index is 0.571. The van der Waals surface area contributed by atoms with E-state index in [-0.39, 0.29) is 0 Å². The third-order valence-electron chi connectivity index (χ3n) is 5.04. The van der Waals surface area contributed by atoms with E-state index in [1.54, 1.807) is 0 Å². The first kappa shape index (κ1) is 15.8. The number of anilines is 1. The van der Waals surface area contributed by atoms with Gasteiger partial charge in [-0.1, -0.05) is 26.3 Å². The lowest BCUT2D eigenvalue weighted by Crippen LogP contribution is -2.38. The molecule has 0 amide bonds. The van der Waals surface area contributed by atoms with Crippen LogP contribution in [0.3, 0.4) is 0 Å². The Labute approximate surface area is 135 Å². The zero-order chi connectivity index (χ0) is 15.4. The molecule has 0 N–H and O–H groups in total. The number of rotatable bonds is 4. The van der Waals surface area contributed by atoms with E-state index >= 15 is 0 Å². The molecule has 0 aromatic carbocycles. The van der Waals surface area contributed by atoms with Crippen LogP contribution in [0.2, 0.25) is 0 Å². The van der Waals surface area contributed by atoms with Crippen molar-refractivity contribution >= 4 is 5.82 Å². The Kier molecular flexibility index (Phi) is 5.35. The zero-order valence-corrected chi connectivity index (χ0v) is 14.3. The van der Waals surface area contributed by atoms with Crippen molar-refractivity contribution in [1.29, 1.82) is 0 Å². The van der Waals surface area contributed by atoms with E-state index in [0.29, 0.717) is 6.04 Å². The van der Waals surface area contributed by atoms with Gasteiger partial charge in [0.25, 0.3) is 0 Å². The highest BCUT2D eigenvalue weighted by Gasteiger charge is 2.28. The predicted molar refractivity (Wildman–Crippen MR) is 93.3 cm³/mol. The summed E-state index contributed by atoms with van der Waals surface area (Å²) in [5.74, 6) is 2.00. The Balaban J connectivity index is 1.85. The molecule has 22 heavy (non-hydrogen) atoms. The second-order valence-corrected chi connectivity index (χ2v) is 7.36. The van der Waals surface area contributed by atoms with Crippen molar-refractivity contribution in [3.05, 3.63) is 23.9 Å². The standard InChI is InChI=1S/C19H31N3/c1-16(2)15-22-14-7-4-10-18(22)17-9-8-11-20-19(17)21-12-5-3-6-13-21/h8-9,11,16,18H,3-7,10,12-15H2,1-2H3. The second kappa shape index (κ2) is 7.45. The molecule has 3 heterocycles. The van der Waals surface area contributed by atoms with Crippen LogP contribution in [0.5, 0.6) is 0 Å². The van der Waals surface area contributed by atoms with Crippen molar-refractivity contribution in [2.45, 2.75) is 58.4 Å². The Bertz CT molecular complexity index is 466. The van der Waals surface area contributed by atoms with Crippen molar-refractivity contribution in [2.75, 3.05) is 31.1 Å². The summed E-state index contributed by atoms with van der Waals surface area (Å²) in [6, 6.07) is 5.03. The van der Waals surface area contributed by atoms with E-state index in [9.17, 15) is 0 Å². The smallest absolute Gasteiger partial charge is 0.133 e. The molecule has 1 aromatic rings. The van der Waals surface area contributed by atoms with Crippen LogP contribution in [-0.2, 0) is 0 Å². The first-order valence-corrected chi connectivity index (χ1v) is 9.19. The fourth-order valence-corrected chi connectivity index (χ4v) is 4.07. The third-order valence-corrected chi connectivity index (χ3v) is 5.04. The topological polar surface area (TPSA) is 19.4 Å². The van der Waals surface area contributed by atoms with Gasteiger partial charge in [0.1, 0.15) is 5.82 Å². The first-order chi connectivity index (χ1) is 10.8. The highest BCUT2D eigenvalue weighted by Crippen LogP contribution is 2.36. The van der Waals surface area contributed by atoms with E-state index < -0.39 is 0 Å². The summed E-state index contributed by atoms with van der Waals surface area (Å²) < 4.78 is 0. The molecule has 0 saturated carbocycles. The molecule has 0 bridgehead atoms. The van der Waals surface area contributed by atoms with Crippen molar-refractivity contribution in [1.82, 2.24) is 9.88 Å². The molecule has 0 radical (unpaired) electrons. The Hall–Kier alpha value is -1.09. The molecule has 3 rings (SSSR count). The Morgan fingerprint density at radius 3 is 2.64 bits per heavy atom. The number of nitrogens with zero attached hydrogens (tertiary/aromatic N) is 3. The van der Waals surface area contributed by atoms with Crippen molar-refractivity contribution < 1.29 is 0 Å². The zero-order valence-electron chi connectivity index (χ0n) is 14.3. The number of aromatic nitrogens is 1. The molecule has 3 heteroatoms. The lowest BCUT2D eigenvalue weighted by molar-refractivity contribution is 0.132. The molecule has 2 aliphatic heterocycles. The van der Waals surface area contributed by atoms with Crippen LogP contribution in [0.15, 0.2) is 18.3 Å². The molecular weight excluding hydrogens is 270 g/mol. The van der Waals surface area contributed by atoms with E-state index in [2.05, 4.69) is 35.8 Å². The van der Waals surface area contributed by atoms with Gasteiger partial charge >= 0.3 is 0 Å². The SMILES string of the molecule is CC(C)CN1CCCCC1c1cccnc1N1CCCCC1. The van der Waals surface area contributed by atoms with Crippen LogP contribution in [0.4, 0.5) is 5.82 Å². The maximum Gasteiger partial charge on any atom is 0.133 e. The number of hydrogen-bond acceptors (Lipinski definition) is 3. The van der Waals surface area contributed by atoms with Gasteiger partial charge in [0.05, 0.1) is 0 Å². The Morgan fingerprint density at radius 2 is 1.86 bits per heavy atom. The first-order valence-electron chi connectivity index (χ1n) is 9.19. The van der Waals surface area contributed by atoms with Crippen LogP contribution in [0, 0.1) is 5.92 Å². The molecule has 1 unspecified atom stereocenters. The molecule has 1 atom stereocenters. The van der Waals surface area contributed by atoms with Crippen LogP contribution < -0.4 is 4.90 Å². The van der Waals surface area contributed by atoms with Gasteiger partial charge in [0.15, 0.2) is 0 Å². The molecule has 3 nitrogen and oxygen atoms in total. The van der Waals surface area contributed by atoms with E-state index in [1.165, 1.54) is 76.1 Å². The summed E-state index contributed by atoms with van der Waals surface area (Å²) in [4.78, 5) is 10.0. The van der Waals surface area contributed by atoms with E-state index in [4.69, 9.17) is 4.98 Å². The molecule has 2 saturated heterocycles. The maximum absolute atomic E-state index is 4.79. The maximum atomic E-state index is 4.79. The molecule has 2 aliphatic rings. The van der Waals surface area contributed by atoms with E-state index in [1.807, 2.05) is 6.20 Å². The highest BCUT2D eigenvalue weighted by atomic mass is 15.2. The van der Waals surface area contributed by atoms with Crippen molar-refractivity contribution in [3.63, 3.8) is 0 Å². The molecule has 122 valence electrons. The van der Waals surface area contributed by atoms with Crippen molar-refractivity contribution in [3.8, 4) is 0 Å². The van der Waals surface area contributed by atoms with Gasteiger partial charge in [-0.15, -0.1) is 0 Å². The summed E-state index contributed by atoms with van der Waals surface area (Å²) in [5.41, 5.74) is 1.48. The van der Waals surface area contributed by atoms with Crippen LogP contribution in [-0.4, -0.2) is 36.1 Å². The van der Waals surface area contributed by atoms with Gasteiger partial charge in [-0.25, -0.2) is 4.98 Å². The van der Waals surface area contributed by atoms with Gasteiger partial charge in [-0.05, 0) is 50.6 Å². The van der Waals surface area contributed by atoms with Gasteiger partial charge < -0.3 is 4.90 Å². The number of pyridine rings is 1. The minimum Gasteiger partial charge on any atom is -0.356 e. The molecule has 1 aromatic heterocycles. The van der Waals surface area contributed by atoms with Gasteiger partial charge in [-0.3, -0.25) is 4.90 Å². The van der Waals surface area contributed by atoms with Crippen LogP contribution in [0.1, 0.15) is 64.0 Å². The normalized spacial score (nSPS) is 24.0. The van der Waals surface area contributed by atoms with E-state index in [0.717, 1.165) is 5.92 Å². The molecule has 0 aliphatic carbocycles. The van der Waals surface area contributed by atoms with Crippen LogP contribution >= 0.6 is 0 Å². The van der Waals surface area contributed by atoms with Gasteiger partial charge in [0.2, 0.25) is 0 Å². The second-order valence-electron chi connectivity index (χ2n) is 7.36. The third kappa shape index (κ3) is 3.62. The summed E-state index contributed by atoms with van der Waals surface area (Å²) >= 11 is 0. The quantitative estimate of drug-likeness (QED) is 0.828. The van der Waals surface area contributed by atoms with Crippen LogP contribution in [0.25, 0.3) is 0 Å². The summed E-state index contributed by atoms with van der Waals surface area (Å²) in [7, 11) is 0. The number of hydrogen-bond donors (Lipinski definition) is 0. The summed E-state index contributed by atoms with van der Waals surface area (Å²) in [5, 5.41) is 0. The fourth-order valence-electron chi connectivity index (χ4n) is 4.07. The molecule has 2 fully saturated rings. The number of piperidine rings is 2. The molecule has 0 spiro atoms. The fraction of sp³-hybridized carbons (Fsp3) is 0.737. The number of likely N-dealkylation sites (tertiary alicyclic amines) is 1. The summed E-state index contributed by atoms with van der Waals surface area (Å²) in [6.45, 7) is 9.49. The lowest BCUT2D eigenvalue weighted by atomic mass is 9.94. The largest absolute Gasteiger partial charge is 0.356 e. The average molecular weight is 301 g/mol. The lowest BCUT2D eigenvalue weighted by Gasteiger charge is -2.39. The highest BCUT2D eigenvalue weighted by molar-refractivity contribution is 5.49.